The highest BCUT2D eigenvalue weighted by Gasteiger charge is 2.24. The molecular weight excluding hydrogens is 280 g/mol. The normalized spacial score (nSPS) is 16.5. The van der Waals surface area contributed by atoms with E-state index in [4.69, 9.17) is 9.26 Å². The molecule has 2 rings (SSSR count). The van der Waals surface area contributed by atoms with Crippen LogP contribution in [0.3, 0.4) is 0 Å². The van der Waals surface area contributed by atoms with Crippen LogP contribution in [0.25, 0.3) is 0 Å². The van der Waals surface area contributed by atoms with Crippen LogP contribution >= 0.6 is 0 Å². The molecule has 22 heavy (non-hydrogen) atoms. The molecule has 0 N–H and O–H groups in total. The molecule has 0 aromatic carbocycles. The van der Waals surface area contributed by atoms with Gasteiger partial charge in [-0.1, -0.05) is 19.0 Å². The summed E-state index contributed by atoms with van der Waals surface area (Å²) in [6.45, 7) is 11.4. The molecule has 0 spiro atoms. The second kappa shape index (κ2) is 7.77. The molecule has 2 heterocycles. The molecule has 0 aliphatic carbocycles. The van der Waals surface area contributed by atoms with E-state index in [0.29, 0.717) is 18.3 Å². The van der Waals surface area contributed by atoms with Gasteiger partial charge in [0.05, 0.1) is 12.1 Å². The lowest BCUT2D eigenvalue weighted by Crippen LogP contribution is -2.40. The Balaban J connectivity index is 1.75. The molecule has 1 aliphatic rings. The topological polar surface area (TPSA) is 55.6 Å². The fourth-order valence-electron chi connectivity index (χ4n) is 2.84. The summed E-state index contributed by atoms with van der Waals surface area (Å²) in [5, 5.41) is 3.91. The highest BCUT2D eigenvalue weighted by Crippen LogP contribution is 2.20. The summed E-state index contributed by atoms with van der Waals surface area (Å²) in [7, 11) is 0. The third-order valence-corrected chi connectivity index (χ3v) is 4.28. The Bertz CT molecular complexity index is 469. The lowest BCUT2D eigenvalue weighted by Gasteiger charge is -2.32. The van der Waals surface area contributed by atoms with Crippen LogP contribution in [0, 0.1) is 25.7 Å². The molecule has 1 saturated heterocycles. The molecule has 5 nitrogen and oxygen atoms in total. The van der Waals surface area contributed by atoms with Crippen molar-refractivity contribution < 1.29 is 14.1 Å². The summed E-state index contributed by atoms with van der Waals surface area (Å²) in [6, 6.07) is 0. The summed E-state index contributed by atoms with van der Waals surface area (Å²) in [4.78, 5) is 14.4. The zero-order valence-corrected chi connectivity index (χ0v) is 14.2. The third kappa shape index (κ3) is 4.57. The van der Waals surface area contributed by atoms with E-state index in [0.717, 1.165) is 56.2 Å². The molecule has 0 atom stereocenters. The number of piperidine rings is 1. The Labute approximate surface area is 133 Å². The van der Waals surface area contributed by atoms with Crippen LogP contribution in [0.1, 0.15) is 43.7 Å². The van der Waals surface area contributed by atoms with Crippen LogP contribution in [0.2, 0.25) is 0 Å². The minimum Gasteiger partial charge on any atom is -0.381 e. The zero-order valence-electron chi connectivity index (χ0n) is 14.2. The van der Waals surface area contributed by atoms with Gasteiger partial charge in [-0.15, -0.1) is 0 Å². The van der Waals surface area contributed by atoms with Crippen molar-refractivity contribution in [3.05, 3.63) is 17.0 Å². The lowest BCUT2D eigenvalue weighted by atomic mass is 9.97. The molecule has 5 heteroatoms. The fraction of sp³-hybridized carbons (Fsp3) is 0.765. The molecule has 0 saturated carbocycles. The minimum atomic E-state index is 0.177. The average molecular weight is 308 g/mol. The van der Waals surface area contributed by atoms with Crippen molar-refractivity contribution in [1.82, 2.24) is 10.1 Å². The van der Waals surface area contributed by atoms with Gasteiger partial charge in [-0.05, 0) is 38.5 Å². The van der Waals surface area contributed by atoms with Gasteiger partial charge in [0.15, 0.2) is 0 Å². The SMILES string of the molecule is Cc1noc(C)c1CC(=O)N1CCC(COCC(C)C)CC1. The first-order chi connectivity index (χ1) is 10.5. The second-order valence-electron chi connectivity index (χ2n) is 6.73. The second-order valence-corrected chi connectivity index (χ2v) is 6.73. The molecular formula is C17H28N2O3. The quantitative estimate of drug-likeness (QED) is 0.811. The number of rotatable bonds is 6. The van der Waals surface area contributed by atoms with Crippen molar-refractivity contribution in [2.24, 2.45) is 11.8 Å². The predicted molar refractivity (Wildman–Crippen MR) is 84.6 cm³/mol. The summed E-state index contributed by atoms with van der Waals surface area (Å²) in [5.41, 5.74) is 1.76. The largest absolute Gasteiger partial charge is 0.381 e. The van der Waals surface area contributed by atoms with Crippen LogP contribution in [-0.2, 0) is 16.0 Å². The average Bonchev–Trinajstić information content (AvgIpc) is 2.79. The molecule has 0 radical (unpaired) electrons. The highest BCUT2D eigenvalue weighted by atomic mass is 16.5. The number of amides is 1. The van der Waals surface area contributed by atoms with E-state index in [2.05, 4.69) is 19.0 Å². The number of carbonyl (C=O) groups excluding carboxylic acids is 1. The summed E-state index contributed by atoms with van der Waals surface area (Å²) in [6.07, 6.45) is 2.46. The molecule has 1 aromatic heterocycles. The third-order valence-electron chi connectivity index (χ3n) is 4.28. The van der Waals surface area contributed by atoms with E-state index < -0.39 is 0 Å². The van der Waals surface area contributed by atoms with Gasteiger partial charge in [0.25, 0.3) is 0 Å². The Kier molecular flexibility index (Phi) is 6.00. The van der Waals surface area contributed by atoms with Crippen molar-refractivity contribution in [1.29, 1.82) is 0 Å². The summed E-state index contributed by atoms with van der Waals surface area (Å²) in [5.74, 6) is 2.09. The molecule has 0 unspecified atom stereocenters. The van der Waals surface area contributed by atoms with Gasteiger partial charge in [-0.25, -0.2) is 0 Å². The lowest BCUT2D eigenvalue weighted by molar-refractivity contribution is -0.132. The summed E-state index contributed by atoms with van der Waals surface area (Å²) >= 11 is 0. The first kappa shape index (κ1) is 17.0. The number of ether oxygens (including phenoxy) is 1. The molecule has 1 aliphatic heterocycles. The maximum absolute atomic E-state index is 12.4. The number of nitrogens with zero attached hydrogens (tertiary/aromatic N) is 2. The van der Waals surface area contributed by atoms with Gasteiger partial charge >= 0.3 is 0 Å². The van der Waals surface area contributed by atoms with Crippen LogP contribution in [-0.4, -0.2) is 42.3 Å². The first-order valence-electron chi connectivity index (χ1n) is 8.24. The van der Waals surface area contributed by atoms with Crippen LogP contribution in [0.4, 0.5) is 0 Å². The smallest absolute Gasteiger partial charge is 0.227 e. The molecule has 0 bridgehead atoms. The van der Waals surface area contributed by atoms with E-state index in [1.54, 1.807) is 0 Å². The molecule has 124 valence electrons. The van der Waals surface area contributed by atoms with Gasteiger partial charge in [0, 0.05) is 31.9 Å². The van der Waals surface area contributed by atoms with E-state index in [9.17, 15) is 4.79 Å². The van der Waals surface area contributed by atoms with Gasteiger partial charge in [0.2, 0.25) is 5.91 Å². The van der Waals surface area contributed by atoms with Gasteiger partial charge in [-0.3, -0.25) is 4.79 Å². The Morgan fingerprint density at radius 1 is 1.36 bits per heavy atom. The van der Waals surface area contributed by atoms with Gasteiger partial charge in [0.1, 0.15) is 5.76 Å². The number of hydrogen-bond acceptors (Lipinski definition) is 4. The van der Waals surface area contributed by atoms with E-state index in [1.165, 1.54) is 0 Å². The van der Waals surface area contributed by atoms with Crippen molar-refractivity contribution in [3.8, 4) is 0 Å². The van der Waals surface area contributed by atoms with Crippen LogP contribution < -0.4 is 0 Å². The minimum absolute atomic E-state index is 0.177. The van der Waals surface area contributed by atoms with Gasteiger partial charge < -0.3 is 14.2 Å². The zero-order chi connectivity index (χ0) is 16.1. The van der Waals surface area contributed by atoms with E-state index >= 15 is 0 Å². The number of aromatic nitrogens is 1. The first-order valence-corrected chi connectivity index (χ1v) is 8.24. The maximum atomic E-state index is 12.4. The Hall–Kier alpha value is -1.36. The Morgan fingerprint density at radius 2 is 2.05 bits per heavy atom. The number of aryl methyl sites for hydroxylation is 2. The van der Waals surface area contributed by atoms with Crippen LogP contribution in [0.5, 0.6) is 0 Å². The monoisotopic (exact) mass is 308 g/mol. The number of carbonyl (C=O) groups is 1. The molecule has 1 amide bonds. The van der Waals surface area contributed by atoms with E-state index in [-0.39, 0.29) is 5.91 Å². The van der Waals surface area contributed by atoms with Crippen molar-refractivity contribution >= 4 is 5.91 Å². The standard InChI is InChI=1S/C17H28N2O3/c1-12(2)10-21-11-15-5-7-19(8-6-15)17(20)9-16-13(3)18-22-14(16)4/h12,15H,5-11H2,1-4H3. The highest BCUT2D eigenvalue weighted by molar-refractivity contribution is 5.79. The fourth-order valence-corrected chi connectivity index (χ4v) is 2.84. The van der Waals surface area contributed by atoms with Crippen molar-refractivity contribution in [2.45, 2.75) is 47.0 Å². The predicted octanol–water partition coefficient (Wildman–Crippen LogP) is 2.75. The van der Waals surface area contributed by atoms with E-state index in [1.807, 2.05) is 18.7 Å². The number of hydrogen-bond donors (Lipinski definition) is 0. The summed E-state index contributed by atoms with van der Waals surface area (Å²) < 4.78 is 10.8. The number of likely N-dealkylation sites (tertiary alicyclic amines) is 1. The molecule has 1 fully saturated rings. The maximum Gasteiger partial charge on any atom is 0.227 e. The molecule has 1 aromatic rings. The Morgan fingerprint density at radius 3 is 2.59 bits per heavy atom. The van der Waals surface area contributed by atoms with Crippen molar-refractivity contribution in [2.75, 3.05) is 26.3 Å². The van der Waals surface area contributed by atoms with Gasteiger partial charge in [-0.2, -0.15) is 0 Å². The van der Waals surface area contributed by atoms with Crippen LogP contribution in [0.15, 0.2) is 4.52 Å². The van der Waals surface area contributed by atoms with Crippen molar-refractivity contribution in [3.63, 3.8) is 0 Å².